The highest BCUT2D eigenvalue weighted by molar-refractivity contribution is 5.43. The van der Waals surface area contributed by atoms with Crippen molar-refractivity contribution in [2.45, 2.75) is 46.2 Å². The first kappa shape index (κ1) is 13.9. The Morgan fingerprint density at radius 2 is 2.06 bits per heavy atom. The number of hydrogen-bond acceptors (Lipinski definition) is 3. The number of rotatable bonds is 5. The molecular formula is C13H22FN3. The number of aromatic nitrogens is 1. The van der Waals surface area contributed by atoms with Crippen LogP contribution in [0.25, 0.3) is 0 Å². The number of nitrogens with zero attached hydrogens (tertiary/aromatic N) is 1. The third kappa shape index (κ3) is 5.13. The van der Waals surface area contributed by atoms with Crippen LogP contribution in [0.5, 0.6) is 0 Å². The summed E-state index contributed by atoms with van der Waals surface area (Å²) in [5.74, 6) is 0.475. The summed E-state index contributed by atoms with van der Waals surface area (Å²) in [7, 11) is 0. The average molecular weight is 239 g/mol. The molecule has 1 rings (SSSR count). The van der Waals surface area contributed by atoms with Crippen molar-refractivity contribution < 1.29 is 4.39 Å². The number of pyridine rings is 1. The third-order valence-electron chi connectivity index (χ3n) is 2.28. The highest BCUT2D eigenvalue weighted by Gasteiger charge is 2.11. The van der Waals surface area contributed by atoms with Crippen molar-refractivity contribution in [2.24, 2.45) is 0 Å². The molecule has 0 amide bonds. The van der Waals surface area contributed by atoms with Crippen molar-refractivity contribution >= 4 is 5.82 Å². The molecule has 0 fully saturated rings. The first-order valence-corrected chi connectivity index (χ1v) is 6.05. The zero-order chi connectivity index (χ0) is 12.9. The molecule has 1 heterocycles. The quantitative estimate of drug-likeness (QED) is 0.829. The maximum atomic E-state index is 13.2. The van der Waals surface area contributed by atoms with Crippen molar-refractivity contribution in [1.29, 1.82) is 0 Å². The Balaban J connectivity index is 2.76. The normalized spacial score (nSPS) is 11.6. The van der Waals surface area contributed by atoms with Gasteiger partial charge in [-0.1, -0.05) is 6.92 Å². The average Bonchev–Trinajstić information content (AvgIpc) is 2.24. The van der Waals surface area contributed by atoms with Gasteiger partial charge in [0.05, 0.1) is 6.20 Å². The Labute approximate surface area is 103 Å². The molecule has 0 bridgehead atoms. The molecule has 3 nitrogen and oxygen atoms in total. The summed E-state index contributed by atoms with van der Waals surface area (Å²) < 4.78 is 13.2. The lowest BCUT2D eigenvalue weighted by atomic mass is 10.1. The molecule has 0 aliphatic carbocycles. The van der Waals surface area contributed by atoms with Crippen molar-refractivity contribution in [1.82, 2.24) is 10.3 Å². The predicted octanol–water partition coefficient (Wildman–Crippen LogP) is 2.93. The van der Waals surface area contributed by atoms with Crippen LogP contribution in [0.3, 0.4) is 0 Å². The van der Waals surface area contributed by atoms with Gasteiger partial charge in [0.25, 0.3) is 0 Å². The minimum Gasteiger partial charge on any atom is -0.370 e. The van der Waals surface area contributed by atoms with Crippen LogP contribution in [0, 0.1) is 5.82 Å². The van der Waals surface area contributed by atoms with Crippen LogP contribution in [0.1, 0.15) is 39.7 Å². The monoisotopic (exact) mass is 239 g/mol. The second-order valence-electron chi connectivity index (χ2n) is 5.19. The maximum absolute atomic E-state index is 13.2. The summed E-state index contributed by atoms with van der Waals surface area (Å²) in [5, 5.41) is 6.54. The van der Waals surface area contributed by atoms with Crippen LogP contribution in [0.4, 0.5) is 10.2 Å². The van der Waals surface area contributed by atoms with E-state index in [2.05, 4.69) is 43.3 Å². The summed E-state index contributed by atoms with van der Waals surface area (Å²) in [6, 6.07) is 1.53. The van der Waals surface area contributed by atoms with Gasteiger partial charge in [0.15, 0.2) is 0 Å². The van der Waals surface area contributed by atoms with Crippen molar-refractivity contribution in [3.05, 3.63) is 23.6 Å². The van der Waals surface area contributed by atoms with Crippen LogP contribution in [-0.2, 0) is 6.54 Å². The minimum absolute atomic E-state index is 0.00828. The van der Waals surface area contributed by atoms with Crippen molar-refractivity contribution in [2.75, 3.05) is 11.9 Å². The van der Waals surface area contributed by atoms with Crippen molar-refractivity contribution in [3.63, 3.8) is 0 Å². The lowest BCUT2D eigenvalue weighted by Gasteiger charge is -2.21. The lowest BCUT2D eigenvalue weighted by Crippen LogP contribution is -2.35. The molecule has 17 heavy (non-hydrogen) atoms. The van der Waals surface area contributed by atoms with E-state index in [1.54, 1.807) is 0 Å². The molecule has 0 saturated carbocycles. The third-order valence-corrected chi connectivity index (χ3v) is 2.28. The topological polar surface area (TPSA) is 37.0 Å². The fourth-order valence-corrected chi connectivity index (χ4v) is 1.38. The zero-order valence-corrected chi connectivity index (χ0v) is 11.1. The van der Waals surface area contributed by atoms with Gasteiger partial charge in [0, 0.05) is 24.2 Å². The van der Waals surface area contributed by atoms with Gasteiger partial charge in [-0.2, -0.15) is 0 Å². The molecule has 0 saturated heterocycles. The SMILES string of the molecule is CCCNc1ncc(F)cc1CNC(C)(C)C. The van der Waals surface area contributed by atoms with E-state index in [0.29, 0.717) is 6.54 Å². The molecule has 4 heteroatoms. The van der Waals surface area contributed by atoms with Crippen LogP contribution in [0.2, 0.25) is 0 Å². The molecule has 1 aromatic heterocycles. The molecule has 0 spiro atoms. The standard InChI is InChI=1S/C13H22FN3/c1-5-6-15-12-10(7-11(14)9-16-12)8-17-13(2,3)4/h7,9,17H,5-6,8H2,1-4H3,(H,15,16). The predicted molar refractivity (Wildman–Crippen MR) is 69.6 cm³/mol. The van der Waals surface area contributed by atoms with Gasteiger partial charge < -0.3 is 10.6 Å². The van der Waals surface area contributed by atoms with Gasteiger partial charge in [0.2, 0.25) is 0 Å². The summed E-state index contributed by atoms with van der Waals surface area (Å²) in [4.78, 5) is 4.09. The molecular weight excluding hydrogens is 217 g/mol. The van der Waals surface area contributed by atoms with Crippen LogP contribution >= 0.6 is 0 Å². The molecule has 2 N–H and O–H groups in total. The van der Waals surface area contributed by atoms with Crippen LogP contribution < -0.4 is 10.6 Å². The molecule has 0 aromatic carbocycles. The van der Waals surface area contributed by atoms with Crippen LogP contribution in [0.15, 0.2) is 12.3 Å². The van der Waals surface area contributed by atoms with Crippen molar-refractivity contribution in [3.8, 4) is 0 Å². The van der Waals surface area contributed by atoms with Crippen LogP contribution in [-0.4, -0.2) is 17.1 Å². The highest BCUT2D eigenvalue weighted by Crippen LogP contribution is 2.14. The molecule has 0 aliphatic rings. The molecule has 0 unspecified atom stereocenters. The summed E-state index contributed by atoms with van der Waals surface area (Å²) in [6.45, 7) is 9.79. The van der Waals surface area contributed by atoms with E-state index in [1.807, 2.05) is 0 Å². The lowest BCUT2D eigenvalue weighted by molar-refractivity contribution is 0.423. The maximum Gasteiger partial charge on any atom is 0.141 e. The number of nitrogens with one attached hydrogen (secondary N) is 2. The molecule has 0 aliphatic heterocycles. The molecule has 0 atom stereocenters. The van der Waals surface area contributed by atoms with E-state index in [1.165, 1.54) is 12.3 Å². The van der Waals surface area contributed by atoms with Gasteiger partial charge >= 0.3 is 0 Å². The van der Waals surface area contributed by atoms with Gasteiger partial charge in [-0.3, -0.25) is 0 Å². The summed E-state index contributed by atoms with van der Waals surface area (Å²) in [5.41, 5.74) is 0.877. The summed E-state index contributed by atoms with van der Waals surface area (Å²) in [6.07, 6.45) is 2.27. The van der Waals surface area contributed by atoms with E-state index < -0.39 is 0 Å². The fraction of sp³-hybridized carbons (Fsp3) is 0.615. The molecule has 0 radical (unpaired) electrons. The fourth-order valence-electron chi connectivity index (χ4n) is 1.38. The molecule has 96 valence electrons. The number of anilines is 1. The van der Waals surface area contributed by atoms with E-state index in [0.717, 1.165) is 24.3 Å². The zero-order valence-electron chi connectivity index (χ0n) is 11.1. The Morgan fingerprint density at radius 3 is 2.65 bits per heavy atom. The highest BCUT2D eigenvalue weighted by atomic mass is 19.1. The number of hydrogen-bond donors (Lipinski definition) is 2. The second kappa shape index (κ2) is 5.96. The Hall–Kier alpha value is -1.16. The van der Waals surface area contributed by atoms with E-state index >= 15 is 0 Å². The van der Waals surface area contributed by atoms with E-state index in [-0.39, 0.29) is 11.4 Å². The summed E-state index contributed by atoms with van der Waals surface area (Å²) >= 11 is 0. The van der Waals surface area contributed by atoms with Gasteiger partial charge in [0.1, 0.15) is 11.6 Å². The first-order valence-electron chi connectivity index (χ1n) is 6.05. The smallest absolute Gasteiger partial charge is 0.141 e. The largest absolute Gasteiger partial charge is 0.370 e. The minimum atomic E-state index is -0.294. The van der Waals surface area contributed by atoms with Gasteiger partial charge in [-0.25, -0.2) is 9.37 Å². The number of halogens is 1. The van der Waals surface area contributed by atoms with Gasteiger partial charge in [-0.05, 0) is 33.3 Å². The van der Waals surface area contributed by atoms with E-state index in [4.69, 9.17) is 0 Å². The Bertz CT molecular complexity index is 358. The first-order chi connectivity index (χ1) is 7.92. The molecule has 1 aromatic rings. The van der Waals surface area contributed by atoms with Gasteiger partial charge in [-0.15, -0.1) is 0 Å². The Morgan fingerprint density at radius 1 is 1.35 bits per heavy atom. The van der Waals surface area contributed by atoms with E-state index in [9.17, 15) is 4.39 Å². The Kier molecular flexibility index (Phi) is 4.87. The second-order valence-corrected chi connectivity index (χ2v) is 5.19.